The molecule has 1 fully saturated rings. The van der Waals surface area contributed by atoms with Crippen LogP contribution in [0.4, 0.5) is 0 Å². The zero-order valence-corrected chi connectivity index (χ0v) is 12.2. The van der Waals surface area contributed by atoms with Gasteiger partial charge in [0.25, 0.3) is 0 Å². The number of hydrogen-bond donors (Lipinski definition) is 1. The number of nitrogens with zero attached hydrogens (tertiary/aromatic N) is 1. The van der Waals surface area contributed by atoms with Crippen LogP contribution in [0.3, 0.4) is 0 Å². The lowest BCUT2D eigenvalue weighted by Gasteiger charge is -2.23. The van der Waals surface area contributed by atoms with Crippen molar-refractivity contribution in [3.8, 4) is 0 Å². The minimum absolute atomic E-state index is 0.147. The van der Waals surface area contributed by atoms with Crippen molar-refractivity contribution in [2.24, 2.45) is 0 Å². The maximum Gasteiger partial charge on any atom is 0.304 e. The topological polar surface area (TPSA) is 40.5 Å². The van der Waals surface area contributed by atoms with Crippen LogP contribution in [0.2, 0.25) is 5.02 Å². The number of carboxylic acids is 1. The summed E-state index contributed by atoms with van der Waals surface area (Å²) in [5.74, 6) is -0.725. The van der Waals surface area contributed by atoms with E-state index >= 15 is 0 Å². The molecule has 1 N–H and O–H groups in total. The first-order chi connectivity index (χ1) is 8.56. The molecule has 1 saturated heterocycles. The number of benzene rings is 1. The van der Waals surface area contributed by atoms with E-state index in [0.717, 1.165) is 36.0 Å². The van der Waals surface area contributed by atoms with Crippen LogP contribution in [0.5, 0.6) is 0 Å². The van der Waals surface area contributed by atoms with E-state index < -0.39 is 5.97 Å². The van der Waals surface area contributed by atoms with Crippen molar-refractivity contribution in [2.45, 2.75) is 31.8 Å². The minimum atomic E-state index is -0.725. The van der Waals surface area contributed by atoms with Gasteiger partial charge in [0, 0.05) is 22.1 Å². The number of carboxylic acid groups (broad SMARTS) is 1. The normalized spacial score (nSPS) is 20.2. The summed E-state index contributed by atoms with van der Waals surface area (Å²) in [5.41, 5.74) is 1.11. The maximum absolute atomic E-state index is 10.8. The van der Waals surface area contributed by atoms with Gasteiger partial charge in [-0.3, -0.25) is 9.69 Å². The van der Waals surface area contributed by atoms with E-state index in [9.17, 15) is 4.79 Å². The summed E-state index contributed by atoms with van der Waals surface area (Å²) in [6.45, 7) is 1.70. The van der Waals surface area contributed by atoms with E-state index in [0.29, 0.717) is 5.02 Å². The van der Waals surface area contributed by atoms with E-state index in [2.05, 4.69) is 20.8 Å². The Morgan fingerprint density at radius 3 is 3.06 bits per heavy atom. The lowest BCUT2D eigenvalue weighted by Crippen LogP contribution is -2.30. The Kier molecular flexibility index (Phi) is 4.65. The molecule has 1 unspecified atom stereocenters. The van der Waals surface area contributed by atoms with E-state index in [4.69, 9.17) is 16.7 Å². The summed E-state index contributed by atoms with van der Waals surface area (Å²) in [4.78, 5) is 13.0. The SMILES string of the molecule is O=C(O)CC1CCCN1Cc1cc(Cl)ccc1Br. The molecule has 1 aromatic carbocycles. The summed E-state index contributed by atoms with van der Waals surface area (Å²) in [7, 11) is 0. The second-order valence-corrected chi connectivity index (χ2v) is 5.89. The van der Waals surface area contributed by atoms with Crippen LogP contribution in [0.25, 0.3) is 0 Å². The third-order valence-corrected chi connectivity index (χ3v) is 4.30. The van der Waals surface area contributed by atoms with E-state index in [-0.39, 0.29) is 12.5 Å². The Bertz CT molecular complexity index is 453. The Morgan fingerprint density at radius 1 is 1.56 bits per heavy atom. The Hall–Kier alpha value is -0.580. The molecule has 1 aromatic rings. The summed E-state index contributed by atoms with van der Waals surface area (Å²) in [6.07, 6.45) is 2.25. The molecule has 1 heterocycles. The lowest BCUT2D eigenvalue weighted by molar-refractivity contribution is -0.138. The van der Waals surface area contributed by atoms with Gasteiger partial charge in [0.1, 0.15) is 0 Å². The van der Waals surface area contributed by atoms with Crippen molar-refractivity contribution in [2.75, 3.05) is 6.54 Å². The molecule has 98 valence electrons. The predicted octanol–water partition coefficient (Wildman–Crippen LogP) is 3.54. The second-order valence-electron chi connectivity index (χ2n) is 4.60. The molecule has 18 heavy (non-hydrogen) atoms. The van der Waals surface area contributed by atoms with Gasteiger partial charge in [0.05, 0.1) is 6.42 Å². The highest BCUT2D eigenvalue weighted by Gasteiger charge is 2.26. The molecule has 0 radical (unpaired) electrons. The summed E-state index contributed by atoms with van der Waals surface area (Å²) in [6, 6.07) is 5.85. The van der Waals surface area contributed by atoms with Gasteiger partial charge in [-0.1, -0.05) is 27.5 Å². The zero-order valence-electron chi connectivity index (χ0n) is 9.90. The van der Waals surface area contributed by atoms with E-state index in [1.165, 1.54) is 0 Å². The highest BCUT2D eigenvalue weighted by atomic mass is 79.9. The fraction of sp³-hybridized carbons (Fsp3) is 0.462. The molecule has 0 bridgehead atoms. The highest BCUT2D eigenvalue weighted by molar-refractivity contribution is 9.10. The summed E-state index contributed by atoms with van der Waals surface area (Å²) < 4.78 is 1.02. The van der Waals surface area contributed by atoms with Gasteiger partial charge in [0.15, 0.2) is 0 Å². The third kappa shape index (κ3) is 3.46. The first-order valence-electron chi connectivity index (χ1n) is 5.96. The summed E-state index contributed by atoms with van der Waals surface area (Å²) >= 11 is 9.50. The van der Waals surface area contributed by atoms with Gasteiger partial charge >= 0.3 is 5.97 Å². The standard InChI is InChI=1S/C13H15BrClNO2/c14-12-4-3-10(15)6-9(12)8-16-5-1-2-11(16)7-13(17)18/h3-4,6,11H,1-2,5,7-8H2,(H,17,18). The first-order valence-corrected chi connectivity index (χ1v) is 7.13. The minimum Gasteiger partial charge on any atom is -0.481 e. The molecule has 0 saturated carbocycles. The zero-order chi connectivity index (χ0) is 13.1. The fourth-order valence-electron chi connectivity index (χ4n) is 2.42. The Morgan fingerprint density at radius 2 is 2.33 bits per heavy atom. The van der Waals surface area contributed by atoms with Crippen LogP contribution in [-0.2, 0) is 11.3 Å². The quantitative estimate of drug-likeness (QED) is 0.917. The Labute approximate surface area is 120 Å². The van der Waals surface area contributed by atoms with Crippen LogP contribution in [0.15, 0.2) is 22.7 Å². The smallest absolute Gasteiger partial charge is 0.304 e. The van der Waals surface area contributed by atoms with Gasteiger partial charge in [-0.05, 0) is 43.1 Å². The van der Waals surface area contributed by atoms with E-state index in [1.54, 1.807) is 0 Å². The fourth-order valence-corrected chi connectivity index (χ4v) is 2.99. The van der Waals surface area contributed by atoms with Crippen molar-refractivity contribution in [1.82, 2.24) is 4.90 Å². The summed E-state index contributed by atoms with van der Waals surface area (Å²) in [5, 5.41) is 9.61. The van der Waals surface area contributed by atoms with Crippen LogP contribution in [0.1, 0.15) is 24.8 Å². The molecule has 0 aromatic heterocycles. The van der Waals surface area contributed by atoms with Crippen molar-refractivity contribution >= 4 is 33.5 Å². The number of carbonyl (C=O) groups is 1. The Balaban J connectivity index is 2.08. The maximum atomic E-state index is 10.8. The van der Waals surface area contributed by atoms with Crippen LogP contribution >= 0.6 is 27.5 Å². The molecule has 1 aliphatic heterocycles. The van der Waals surface area contributed by atoms with Crippen molar-refractivity contribution in [1.29, 1.82) is 0 Å². The van der Waals surface area contributed by atoms with Gasteiger partial charge in [-0.15, -0.1) is 0 Å². The average Bonchev–Trinajstić information content (AvgIpc) is 2.70. The van der Waals surface area contributed by atoms with Gasteiger partial charge in [-0.2, -0.15) is 0 Å². The second kappa shape index (κ2) is 6.04. The van der Waals surface area contributed by atoms with Crippen molar-refractivity contribution < 1.29 is 9.90 Å². The molecule has 3 nitrogen and oxygen atoms in total. The lowest BCUT2D eigenvalue weighted by atomic mass is 10.1. The van der Waals surface area contributed by atoms with Gasteiger partial charge < -0.3 is 5.11 Å². The largest absolute Gasteiger partial charge is 0.481 e. The van der Waals surface area contributed by atoms with Crippen LogP contribution < -0.4 is 0 Å². The van der Waals surface area contributed by atoms with Gasteiger partial charge in [-0.25, -0.2) is 0 Å². The van der Waals surface area contributed by atoms with Crippen molar-refractivity contribution in [3.63, 3.8) is 0 Å². The molecule has 5 heteroatoms. The molecular weight excluding hydrogens is 318 g/mol. The molecule has 2 rings (SSSR count). The molecule has 0 spiro atoms. The van der Waals surface area contributed by atoms with E-state index in [1.807, 2.05) is 18.2 Å². The monoisotopic (exact) mass is 331 g/mol. The van der Waals surface area contributed by atoms with Crippen molar-refractivity contribution in [3.05, 3.63) is 33.3 Å². The number of rotatable bonds is 4. The highest BCUT2D eigenvalue weighted by Crippen LogP contribution is 2.27. The molecule has 1 aliphatic rings. The third-order valence-electron chi connectivity index (χ3n) is 3.29. The molecule has 1 atom stereocenters. The van der Waals surface area contributed by atoms with Crippen LogP contribution in [0, 0.1) is 0 Å². The molecule has 0 aliphatic carbocycles. The van der Waals surface area contributed by atoms with Crippen LogP contribution in [-0.4, -0.2) is 28.6 Å². The number of hydrogen-bond acceptors (Lipinski definition) is 2. The average molecular weight is 333 g/mol. The van der Waals surface area contributed by atoms with Gasteiger partial charge in [0.2, 0.25) is 0 Å². The first kappa shape index (κ1) is 13.8. The predicted molar refractivity (Wildman–Crippen MR) is 74.8 cm³/mol. The number of halogens is 2. The molecular formula is C13H15BrClNO2. The number of likely N-dealkylation sites (tertiary alicyclic amines) is 1. The number of aliphatic carboxylic acids is 1. The molecule has 0 amide bonds.